The summed E-state index contributed by atoms with van der Waals surface area (Å²) in [6.45, 7) is 8.14. The molecule has 2 aromatic carbocycles. The van der Waals surface area contributed by atoms with Crippen LogP contribution in [0.4, 0.5) is 5.69 Å². The summed E-state index contributed by atoms with van der Waals surface area (Å²) in [5, 5.41) is 0. The molecule has 0 atom stereocenters. The van der Waals surface area contributed by atoms with Crippen molar-refractivity contribution in [3.63, 3.8) is 0 Å². The molecule has 3 aliphatic heterocycles. The molecule has 0 bridgehead atoms. The molecule has 9 heteroatoms. The van der Waals surface area contributed by atoms with Crippen molar-refractivity contribution in [3.8, 4) is 11.5 Å². The number of esters is 1. The van der Waals surface area contributed by atoms with Crippen molar-refractivity contribution >= 4 is 62.9 Å². The van der Waals surface area contributed by atoms with Crippen LogP contribution in [0.5, 0.6) is 11.5 Å². The van der Waals surface area contributed by atoms with Crippen LogP contribution in [0.1, 0.15) is 49.2 Å². The Labute approximate surface area is 218 Å². The fourth-order valence-electron chi connectivity index (χ4n) is 4.88. The normalized spacial score (nSPS) is 20.0. The Morgan fingerprint density at radius 1 is 1.06 bits per heavy atom. The lowest BCUT2D eigenvalue weighted by atomic mass is 9.89. The van der Waals surface area contributed by atoms with E-state index in [2.05, 4.69) is 0 Å². The second-order valence-corrected chi connectivity index (χ2v) is 10.9. The SMILES string of the molecule is CCN1C(=O)C(=C2C(=O)N3c4c(cc(OC(=O)c5ccc(OC)cc5)cc42)C(C)=CC3(C)C)SC1=S. The van der Waals surface area contributed by atoms with Gasteiger partial charge in [0.2, 0.25) is 0 Å². The maximum absolute atomic E-state index is 13.8. The molecule has 184 valence electrons. The Morgan fingerprint density at radius 2 is 1.72 bits per heavy atom. The zero-order valence-corrected chi connectivity index (χ0v) is 22.1. The lowest BCUT2D eigenvalue weighted by molar-refractivity contribution is -0.122. The molecule has 2 aromatic rings. The minimum atomic E-state index is -0.607. The number of nitrogens with zero attached hydrogens (tertiary/aromatic N) is 2. The Hall–Kier alpha value is -3.43. The van der Waals surface area contributed by atoms with Gasteiger partial charge in [0, 0.05) is 17.7 Å². The summed E-state index contributed by atoms with van der Waals surface area (Å²) in [6, 6.07) is 10.0. The number of hydrogen-bond acceptors (Lipinski definition) is 7. The van der Waals surface area contributed by atoms with Gasteiger partial charge in [-0.1, -0.05) is 30.1 Å². The number of hydrogen-bond donors (Lipinski definition) is 0. The maximum Gasteiger partial charge on any atom is 0.343 e. The van der Waals surface area contributed by atoms with Crippen LogP contribution in [0, 0.1) is 0 Å². The Kier molecular flexibility index (Phi) is 5.80. The first-order valence-electron chi connectivity index (χ1n) is 11.4. The van der Waals surface area contributed by atoms with E-state index in [1.807, 2.05) is 33.8 Å². The van der Waals surface area contributed by atoms with Gasteiger partial charge in [0.05, 0.1) is 34.4 Å². The maximum atomic E-state index is 13.8. The van der Waals surface area contributed by atoms with E-state index in [0.717, 1.165) is 22.9 Å². The molecule has 1 fully saturated rings. The third-order valence-electron chi connectivity index (χ3n) is 6.49. The molecular weight excluding hydrogens is 496 g/mol. The van der Waals surface area contributed by atoms with Crippen LogP contribution >= 0.6 is 24.0 Å². The lowest BCUT2D eigenvalue weighted by Gasteiger charge is -2.38. The van der Waals surface area contributed by atoms with Crippen molar-refractivity contribution in [2.24, 2.45) is 0 Å². The summed E-state index contributed by atoms with van der Waals surface area (Å²) in [5.74, 6) is -0.176. The zero-order chi connectivity index (χ0) is 25.9. The summed E-state index contributed by atoms with van der Waals surface area (Å²) in [4.78, 5) is 43.4. The Balaban J connectivity index is 1.65. The number of rotatable bonds is 4. The zero-order valence-electron chi connectivity index (χ0n) is 20.5. The molecule has 3 heterocycles. The van der Waals surface area contributed by atoms with Crippen LogP contribution in [-0.4, -0.2) is 46.2 Å². The first kappa shape index (κ1) is 24.3. The Morgan fingerprint density at radius 3 is 2.33 bits per heavy atom. The van der Waals surface area contributed by atoms with E-state index in [-0.39, 0.29) is 23.1 Å². The van der Waals surface area contributed by atoms with Gasteiger partial charge in [0.15, 0.2) is 0 Å². The number of likely N-dealkylation sites (N-methyl/N-ethyl adjacent to an activating group) is 1. The van der Waals surface area contributed by atoms with Crippen molar-refractivity contribution in [1.82, 2.24) is 4.90 Å². The summed E-state index contributed by atoms with van der Waals surface area (Å²) < 4.78 is 11.3. The molecule has 36 heavy (non-hydrogen) atoms. The van der Waals surface area contributed by atoms with Crippen molar-refractivity contribution in [2.45, 2.75) is 33.2 Å². The summed E-state index contributed by atoms with van der Waals surface area (Å²) in [7, 11) is 1.55. The number of thiocarbonyl (C=S) groups is 1. The average Bonchev–Trinajstić information content (AvgIpc) is 3.29. The van der Waals surface area contributed by atoms with E-state index in [4.69, 9.17) is 21.7 Å². The van der Waals surface area contributed by atoms with Crippen molar-refractivity contribution in [2.75, 3.05) is 18.6 Å². The molecule has 0 radical (unpaired) electrons. The molecule has 3 aliphatic rings. The van der Waals surface area contributed by atoms with E-state index >= 15 is 0 Å². The molecule has 0 N–H and O–H groups in total. The highest BCUT2D eigenvalue weighted by Gasteiger charge is 2.48. The molecule has 0 saturated carbocycles. The summed E-state index contributed by atoms with van der Waals surface area (Å²) in [5.41, 5.74) is 3.05. The predicted octanol–water partition coefficient (Wildman–Crippen LogP) is 5.05. The number of carbonyl (C=O) groups is 3. The molecule has 0 aliphatic carbocycles. The van der Waals surface area contributed by atoms with Gasteiger partial charge in [0.1, 0.15) is 15.8 Å². The lowest BCUT2D eigenvalue weighted by Crippen LogP contribution is -2.46. The number of thioether (sulfide) groups is 1. The van der Waals surface area contributed by atoms with Crippen molar-refractivity contribution in [1.29, 1.82) is 0 Å². The van der Waals surface area contributed by atoms with E-state index in [9.17, 15) is 14.4 Å². The number of amides is 2. The van der Waals surface area contributed by atoms with E-state index < -0.39 is 11.5 Å². The van der Waals surface area contributed by atoms with E-state index in [0.29, 0.717) is 38.3 Å². The minimum absolute atomic E-state index is 0.268. The van der Waals surface area contributed by atoms with Gasteiger partial charge >= 0.3 is 5.97 Å². The van der Waals surface area contributed by atoms with Crippen molar-refractivity contribution < 1.29 is 23.9 Å². The highest BCUT2D eigenvalue weighted by atomic mass is 32.2. The third-order valence-corrected chi connectivity index (χ3v) is 7.94. The van der Waals surface area contributed by atoms with Crippen molar-refractivity contribution in [3.05, 3.63) is 64.1 Å². The first-order chi connectivity index (χ1) is 17.1. The van der Waals surface area contributed by atoms with E-state index in [1.165, 1.54) is 4.90 Å². The van der Waals surface area contributed by atoms with Gasteiger partial charge in [-0.05, 0) is 69.7 Å². The molecule has 2 amide bonds. The van der Waals surface area contributed by atoms with Crippen LogP contribution in [0.15, 0.2) is 47.4 Å². The van der Waals surface area contributed by atoms with Crippen LogP contribution in [0.3, 0.4) is 0 Å². The van der Waals surface area contributed by atoms with Crippen LogP contribution in [0.25, 0.3) is 11.1 Å². The molecule has 0 aromatic heterocycles. The van der Waals surface area contributed by atoms with E-state index in [1.54, 1.807) is 48.4 Å². The smallest absolute Gasteiger partial charge is 0.343 e. The number of methoxy groups -OCH3 is 1. The highest BCUT2D eigenvalue weighted by molar-refractivity contribution is 8.26. The van der Waals surface area contributed by atoms with Gasteiger partial charge in [-0.15, -0.1) is 0 Å². The number of benzene rings is 2. The number of anilines is 1. The topological polar surface area (TPSA) is 76.2 Å². The molecule has 0 spiro atoms. The van der Waals surface area contributed by atoms with Gasteiger partial charge in [0.25, 0.3) is 11.8 Å². The summed E-state index contributed by atoms with van der Waals surface area (Å²) >= 11 is 6.54. The highest BCUT2D eigenvalue weighted by Crippen LogP contribution is 2.53. The predicted molar refractivity (Wildman–Crippen MR) is 144 cm³/mol. The van der Waals surface area contributed by atoms with Gasteiger partial charge in [-0.25, -0.2) is 4.79 Å². The summed E-state index contributed by atoms with van der Waals surface area (Å²) in [6.07, 6.45) is 2.01. The first-order valence-corrected chi connectivity index (χ1v) is 12.7. The van der Waals surface area contributed by atoms with Crippen LogP contribution in [-0.2, 0) is 9.59 Å². The number of ether oxygens (including phenoxy) is 2. The quantitative estimate of drug-likeness (QED) is 0.242. The third kappa shape index (κ3) is 3.65. The molecule has 1 saturated heterocycles. The van der Waals surface area contributed by atoms with Crippen LogP contribution < -0.4 is 14.4 Å². The largest absolute Gasteiger partial charge is 0.497 e. The van der Waals surface area contributed by atoms with Gasteiger partial charge in [-0.3, -0.25) is 19.4 Å². The molecule has 7 nitrogen and oxygen atoms in total. The molecular formula is C27H24N2O5S2. The minimum Gasteiger partial charge on any atom is -0.497 e. The number of allylic oxidation sites excluding steroid dienone is 1. The monoisotopic (exact) mass is 520 g/mol. The Bertz CT molecular complexity index is 1420. The fourth-order valence-corrected chi connectivity index (χ4v) is 6.34. The van der Waals surface area contributed by atoms with Gasteiger partial charge < -0.3 is 9.47 Å². The number of carbonyl (C=O) groups excluding carboxylic acids is 3. The molecule has 0 unspecified atom stereocenters. The average molecular weight is 521 g/mol. The van der Waals surface area contributed by atoms with Gasteiger partial charge in [-0.2, -0.15) is 0 Å². The second-order valence-electron chi connectivity index (χ2n) is 9.23. The van der Waals surface area contributed by atoms with Crippen LogP contribution in [0.2, 0.25) is 0 Å². The fraction of sp³-hybridized carbons (Fsp3) is 0.259. The molecule has 5 rings (SSSR count). The second kappa shape index (κ2) is 8.60. The standard InChI is InChI=1S/C27H24N2O5S2/c1-6-28-24(31)22(36-26(28)35)20-19-12-17(34-25(32)15-7-9-16(33-5)10-8-15)11-18-14(2)13-27(3,4)29(21(18)19)23(20)30/h7-13H,6H2,1-5H3.